The van der Waals surface area contributed by atoms with Crippen molar-refractivity contribution in [1.29, 1.82) is 0 Å². The summed E-state index contributed by atoms with van der Waals surface area (Å²) in [5.41, 5.74) is -0.639. The Bertz CT molecular complexity index is 797. The van der Waals surface area contributed by atoms with Gasteiger partial charge < -0.3 is 0 Å². The smallest absolute Gasteiger partial charge is 0.295 e. The van der Waals surface area contributed by atoms with Gasteiger partial charge in [-0.3, -0.25) is 24.5 Å². The Balaban J connectivity index is 2.48. The molecule has 0 bridgehead atoms. The Morgan fingerprint density at radius 1 is 1.30 bits per heavy atom. The van der Waals surface area contributed by atoms with Gasteiger partial charge in [0, 0.05) is 12.3 Å². The maximum atomic E-state index is 11.7. The van der Waals surface area contributed by atoms with Gasteiger partial charge in [0.25, 0.3) is 11.2 Å². The molecular formula is C11H7Br2N3O4. The molecule has 0 spiro atoms. The largest absolute Gasteiger partial charge is 0.328 e. The summed E-state index contributed by atoms with van der Waals surface area (Å²) in [5, 5.41) is 10.8. The lowest BCUT2D eigenvalue weighted by atomic mass is 10.2. The molecule has 0 unspecified atom stereocenters. The summed E-state index contributed by atoms with van der Waals surface area (Å²) in [6, 6.07) is 4.55. The van der Waals surface area contributed by atoms with Crippen molar-refractivity contribution in [2.75, 3.05) is 0 Å². The lowest BCUT2D eigenvalue weighted by Crippen LogP contribution is -2.30. The quantitative estimate of drug-likeness (QED) is 0.624. The van der Waals surface area contributed by atoms with E-state index in [9.17, 15) is 19.7 Å². The molecule has 7 nitrogen and oxygen atoms in total. The summed E-state index contributed by atoms with van der Waals surface area (Å²) < 4.78 is 1.76. The van der Waals surface area contributed by atoms with Crippen molar-refractivity contribution in [2.45, 2.75) is 6.54 Å². The molecule has 0 fully saturated rings. The van der Waals surface area contributed by atoms with E-state index >= 15 is 0 Å². The third-order valence-electron chi connectivity index (χ3n) is 2.56. The van der Waals surface area contributed by atoms with Crippen LogP contribution in [-0.2, 0) is 6.54 Å². The van der Waals surface area contributed by atoms with Gasteiger partial charge in [0.2, 0.25) is 0 Å². The van der Waals surface area contributed by atoms with Crippen LogP contribution in [0.5, 0.6) is 0 Å². The molecule has 20 heavy (non-hydrogen) atoms. The average molecular weight is 405 g/mol. The number of aromatic nitrogens is 2. The number of H-pyrrole nitrogens is 1. The van der Waals surface area contributed by atoms with Gasteiger partial charge >= 0.3 is 5.69 Å². The van der Waals surface area contributed by atoms with Crippen molar-refractivity contribution in [2.24, 2.45) is 0 Å². The van der Waals surface area contributed by atoms with Crippen LogP contribution in [0.2, 0.25) is 0 Å². The third-order valence-corrected chi connectivity index (χ3v) is 4.04. The molecule has 1 heterocycles. The predicted octanol–water partition coefficient (Wildman–Crippen LogP) is 2.02. The highest BCUT2D eigenvalue weighted by molar-refractivity contribution is 9.10. The molecule has 1 aromatic heterocycles. The molecule has 9 heteroatoms. The van der Waals surface area contributed by atoms with Crippen LogP contribution < -0.4 is 11.2 Å². The predicted molar refractivity (Wildman–Crippen MR) is 78.9 cm³/mol. The van der Waals surface area contributed by atoms with E-state index in [0.717, 1.165) is 0 Å². The minimum atomic E-state index is -0.586. The SMILES string of the molecule is O=c1[nH]c(=O)n(Cc2cccc([N+](=O)[O-])c2Br)cc1Br. The number of aromatic amines is 1. The van der Waals surface area contributed by atoms with Crippen molar-refractivity contribution >= 4 is 37.5 Å². The highest BCUT2D eigenvalue weighted by Crippen LogP contribution is 2.28. The molecule has 2 rings (SSSR count). The molecule has 0 atom stereocenters. The minimum absolute atomic E-state index is 0.0842. The summed E-state index contributed by atoms with van der Waals surface area (Å²) >= 11 is 6.18. The van der Waals surface area contributed by atoms with Crippen LogP contribution in [0.25, 0.3) is 0 Å². The van der Waals surface area contributed by atoms with E-state index in [1.54, 1.807) is 6.07 Å². The van der Waals surface area contributed by atoms with Gasteiger partial charge in [-0.1, -0.05) is 12.1 Å². The molecule has 2 aromatic rings. The zero-order valence-corrected chi connectivity index (χ0v) is 13.0. The molecule has 0 amide bonds. The standard InChI is InChI=1S/C11H7Br2N3O4/c12-7-5-15(11(18)14-10(7)17)4-6-2-1-3-8(9(6)13)16(19)20/h1-3,5H,4H2,(H,14,17,18). The van der Waals surface area contributed by atoms with Gasteiger partial charge in [0.1, 0.15) is 4.47 Å². The first kappa shape index (κ1) is 14.7. The van der Waals surface area contributed by atoms with Crippen molar-refractivity contribution in [3.8, 4) is 0 Å². The normalized spacial score (nSPS) is 10.5. The topological polar surface area (TPSA) is 98.0 Å². The van der Waals surface area contributed by atoms with Gasteiger partial charge in [0.05, 0.1) is 15.9 Å². The molecule has 0 saturated heterocycles. The number of rotatable bonds is 3. The Hall–Kier alpha value is -1.74. The Morgan fingerprint density at radius 3 is 2.65 bits per heavy atom. The van der Waals surface area contributed by atoms with E-state index in [1.807, 2.05) is 0 Å². The fraction of sp³-hybridized carbons (Fsp3) is 0.0909. The van der Waals surface area contributed by atoms with Crippen LogP contribution in [0.1, 0.15) is 5.56 Å². The van der Waals surface area contributed by atoms with Gasteiger partial charge in [-0.05, 0) is 37.4 Å². The zero-order chi connectivity index (χ0) is 14.9. The third kappa shape index (κ3) is 2.88. The summed E-state index contributed by atoms with van der Waals surface area (Å²) in [5.74, 6) is 0. The molecule has 0 aliphatic rings. The second-order valence-electron chi connectivity index (χ2n) is 3.87. The van der Waals surface area contributed by atoms with Gasteiger partial charge in [-0.25, -0.2) is 4.79 Å². The van der Waals surface area contributed by atoms with Crippen LogP contribution in [0, 0.1) is 10.1 Å². The Labute approximate surface area is 128 Å². The maximum absolute atomic E-state index is 11.7. The van der Waals surface area contributed by atoms with Crippen LogP contribution >= 0.6 is 31.9 Å². The summed E-state index contributed by atoms with van der Waals surface area (Å²) in [6.07, 6.45) is 1.34. The number of hydrogen-bond donors (Lipinski definition) is 1. The van der Waals surface area contributed by atoms with Gasteiger partial charge in [0.15, 0.2) is 0 Å². The molecule has 0 aliphatic heterocycles. The second kappa shape index (κ2) is 5.71. The van der Waals surface area contributed by atoms with Crippen molar-refractivity contribution in [1.82, 2.24) is 9.55 Å². The van der Waals surface area contributed by atoms with Crippen LogP contribution in [0.3, 0.4) is 0 Å². The zero-order valence-electron chi connectivity index (χ0n) is 9.80. The van der Waals surface area contributed by atoms with E-state index in [2.05, 4.69) is 36.8 Å². The Kier molecular flexibility index (Phi) is 4.19. The number of nitro benzene ring substituents is 1. The second-order valence-corrected chi connectivity index (χ2v) is 5.52. The van der Waals surface area contributed by atoms with Crippen LogP contribution in [0.15, 0.2) is 42.9 Å². The number of nitrogens with one attached hydrogen (secondary N) is 1. The number of benzene rings is 1. The number of nitro groups is 1. The number of nitrogens with zero attached hydrogens (tertiary/aromatic N) is 2. The molecule has 0 radical (unpaired) electrons. The molecule has 1 N–H and O–H groups in total. The lowest BCUT2D eigenvalue weighted by Gasteiger charge is -2.07. The molecule has 0 saturated carbocycles. The van der Waals surface area contributed by atoms with E-state index < -0.39 is 16.2 Å². The fourth-order valence-electron chi connectivity index (χ4n) is 1.61. The summed E-state index contributed by atoms with van der Waals surface area (Å²) in [7, 11) is 0. The van der Waals surface area contributed by atoms with Crippen LogP contribution in [0.4, 0.5) is 5.69 Å². The van der Waals surface area contributed by atoms with Crippen molar-refractivity contribution in [3.05, 3.63) is 69.9 Å². The minimum Gasteiger partial charge on any atom is -0.295 e. The Morgan fingerprint density at radius 2 is 2.00 bits per heavy atom. The molecule has 0 aliphatic carbocycles. The van der Waals surface area contributed by atoms with E-state index in [1.165, 1.54) is 22.9 Å². The van der Waals surface area contributed by atoms with Gasteiger partial charge in [-0.15, -0.1) is 0 Å². The van der Waals surface area contributed by atoms with E-state index in [4.69, 9.17) is 0 Å². The highest BCUT2D eigenvalue weighted by atomic mass is 79.9. The van der Waals surface area contributed by atoms with Crippen molar-refractivity contribution in [3.63, 3.8) is 0 Å². The monoisotopic (exact) mass is 403 g/mol. The van der Waals surface area contributed by atoms with E-state index in [-0.39, 0.29) is 16.7 Å². The highest BCUT2D eigenvalue weighted by Gasteiger charge is 2.15. The average Bonchev–Trinajstić information content (AvgIpc) is 2.37. The first-order valence-electron chi connectivity index (χ1n) is 5.31. The van der Waals surface area contributed by atoms with Gasteiger partial charge in [-0.2, -0.15) is 0 Å². The molecular weight excluding hydrogens is 398 g/mol. The molecule has 1 aromatic carbocycles. The summed E-state index contributed by atoms with van der Waals surface area (Å²) in [4.78, 5) is 35.4. The van der Waals surface area contributed by atoms with Crippen LogP contribution in [-0.4, -0.2) is 14.5 Å². The first-order chi connectivity index (χ1) is 9.40. The summed E-state index contributed by atoms with van der Waals surface area (Å²) in [6.45, 7) is 0.0937. The number of halogens is 2. The number of hydrogen-bond acceptors (Lipinski definition) is 4. The maximum Gasteiger partial charge on any atom is 0.328 e. The first-order valence-corrected chi connectivity index (χ1v) is 6.90. The van der Waals surface area contributed by atoms with E-state index in [0.29, 0.717) is 10.0 Å². The molecule has 104 valence electrons. The fourth-order valence-corrected chi connectivity index (χ4v) is 2.49. The lowest BCUT2D eigenvalue weighted by molar-refractivity contribution is -0.385. The van der Waals surface area contributed by atoms with Crippen molar-refractivity contribution < 1.29 is 4.92 Å².